The largest absolute Gasteiger partial charge is 0.340 e. The van der Waals surface area contributed by atoms with Gasteiger partial charge in [0.1, 0.15) is 0 Å². The second-order valence-corrected chi connectivity index (χ2v) is 6.59. The van der Waals surface area contributed by atoms with Crippen LogP contribution in [-0.2, 0) is 11.3 Å². The molecule has 0 radical (unpaired) electrons. The molecule has 1 unspecified atom stereocenters. The number of benzene rings is 1. The molecular formula is C16H22Cl2N2O. The van der Waals surface area contributed by atoms with Crippen molar-refractivity contribution in [2.24, 2.45) is 0 Å². The number of carbonyl (C=O) groups is 1. The summed E-state index contributed by atoms with van der Waals surface area (Å²) in [4.78, 5) is 14.6. The molecule has 5 heteroatoms. The fourth-order valence-electron chi connectivity index (χ4n) is 3.08. The van der Waals surface area contributed by atoms with E-state index < -0.39 is 0 Å². The number of hydrogen-bond acceptors (Lipinski definition) is 2. The molecule has 1 aromatic rings. The monoisotopic (exact) mass is 328 g/mol. The third kappa shape index (κ3) is 3.71. The van der Waals surface area contributed by atoms with Crippen LogP contribution in [0.4, 0.5) is 0 Å². The lowest BCUT2D eigenvalue weighted by molar-refractivity contribution is -0.137. The lowest BCUT2D eigenvalue weighted by Gasteiger charge is -2.32. The highest BCUT2D eigenvalue weighted by atomic mass is 35.5. The maximum Gasteiger partial charge on any atom is 0.242 e. The minimum absolute atomic E-state index is 0.174. The number of likely N-dealkylation sites (N-methyl/N-ethyl adjacent to an activating group) is 1. The van der Waals surface area contributed by atoms with Crippen molar-refractivity contribution in [1.29, 1.82) is 0 Å². The fraction of sp³-hybridized carbons (Fsp3) is 0.562. The Labute approximate surface area is 136 Å². The summed E-state index contributed by atoms with van der Waals surface area (Å²) in [7, 11) is 1.85. The standard InChI is InChI=1S/C16H22Cl2N2O/c1-3-7-16(8-4-9-19-16)15(21)20(2)11-12-5-6-13(17)14(18)10-12/h5-6,10,19H,3-4,7-9,11H2,1-2H3. The van der Waals surface area contributed by atoms with Crippen molar-refractivity contribution in [2.45, 2.75) is 44.7 Å². The van der Waals surface area contributed by atoms with Crippen LogP contribution in [0.15, 0.2) is 18.2 Å². The second kappa shape index (κ2) is 6.99. The SMILES string of the molecule is CCCC1(C(=O)N(C)Cc2ccc(Cl)c(Cl)c2)CCCN1. The zero-order valence-electron chi connectivity index (χ0n) is 12.6. The van der Waals surface area contributed by atoms with Crippen LogP contribution >= 0.6 is 23.2 Å². The third-order valence-electron chi connectivity index (χ3n) is 4.08. The van der Waals surface area contributed by atoms with E-state index >= 15 is 0 Å². The van der Waals surface area contributed by atoms with Crippen LogP contribution in [0.1, 0.15) is 38.2 Å². The summed E-state index contributed by atoms with van der Waals surface area (Å²) in [6.07, 6.45) is 3.87. The van der Waals surface area contributed by atoms with Gasteiger partial charge in [0.15, 0.2) is 0 Å². The van der Waals surface area contributed by atoms with Gasteiger partial charge in [-0.25, -0.2) is 0 Å². The number of rotatable bonds is 5. The normalized spacial score (nSPS) is 21.5. The van der Waals surface area contributed by atoms with Crippen molar-refractivity contribution < 1.29 is 4.79 Å². The molecule has 1 N–H and O–H groups in total. The third-order valence-corrected chi connectivity index (χ3v) is 4.82. The molecule has 2 rings (SSSR count). The summed E-state index contributed by atoms with van der Waals surface area (Å²) in [6, 6.07) is 5.50. The molecule has 0 spiro atoms. The summed E-state index contributed by atoms with van der Waals surface area (Å²) in [5, 5.41) is 4.48. The van der Waals surface area contributed by atoms with Crippen LogP contribution in [-0.4, -0.2) is 29.9 Å². The summed E-state index contributed by atoms with van der Waals surface area (Å²) >= 11 is 12.0. The first-order valence-electron chi connectivity index (χ1n) is 7.43. The van der Waals surface area contributed by atoms with Crippen molar-refractivity contribution in [3.05, 3.63) is 33.8 Å². The molecule has 0 bridgehead atoms. The number of carbonyl (C=O) groups excluding carboxylic acids is 1. The molecule has 1 amide bonds. The molecule has 3 nitrogen and oxygen atoms in total. The van der Waals surface area contributed by atoms with Crippen molar-refractivity contribution in [1.82, 2.24) is 10.2 Å². The highest BCUT2D eigenvalue weighted by molar-refractivity contribution is 6.42. The Balaban J connectivity index is 2.09. The number of halogens is 2. The topological polar surface area (TPSA) is 32.3 Å². The minimum atomic E-state index is -0.375. The molecule has 1 fully saturated rings. The van der Waals surface area contributed by atoms with Crippen LogP contribution in [0.3, 0.4) is 0 Å². The maximum absolute atomic E-state index is 12.8. The Hall–Kier alpha value is -0.770. The van der Waals surface area contributed by atoms with E-state index in [4.69, 9.17) is 23.2 Å². The number of nitrogens with one attached hydrogen (secondary N) is 1. The van der Waals surface area contributed by atoms with Gasteiger partial charge in [-0.3, -0.25) is 4.79 Å². The lowest BCUT2D eigenvalue weighted by atomic mass is 9.90. The second-order valence-electron chi connectivity index (χ2n) is 5.77. The van der Waals surface area contributed by atoms with Crippen molar-refractivity contribution in [3.8, 4) is 0 Å². The molecule has 0 saturated carbocycles. The highest BCUT2D eigenvalue weighted by Crippen LogP contribution is 2.28. The van der Waals surface area contributed by atoms with E-state index in [2.05, 4.69) is 12.2 Å². The Kier molecular flexibility index (Phi) is 5.53. The lowest BCUT2D eigenvalue weighted by Crippen LogP contribution is -2.53. The van der Waals surface area contributed by atoms with Gasteiger partial charge in [-0.1, -0.05) is 42.6 Å². The maximum atomic E-state index is 12.8. The van der Waals surface area contributed by atoms with E-state index in [1.165, 1.54) is 0 Å². The van der Waals surface area contributed by atoms with Crippen LogP contribution in [0.25, 0.3) is 0 Å². The summed E-state index contributed by atoms with van der Waals surface area (Å²) in [5.41, 5.74) is 0.615. The van der Waals surface area contributed by atoms with Gasteiger partial charge < -0.3 is 10.2 Å². The van der Waals surface area contributed by atoms with Gasteiger partial charge in [-0.05, 0) is 43.5 Å². The van der Waals surface area contributed by atoms with Gasteiger partial charge in [0.25, 0.3) is 0 Å². The van der Waals surface area contributed by atoms with Gasteiger partial charge in [-0.2, -0.15) is 0 Å². The molecule has 1 atom stereocenters. The predicted molar refractivity (Wildman–Crippen MR) is 87.8 cm³/mol. The Morgan fingerprint density at radius 3 is 2.71 bits per heavy atom. The van der Waals surface area contributed by atoms with E-state index in [0.717, 1.165) is 37.8 Å². The molecule has 116 valence electrons. The van der Waals surface area contributed by atoms with E-state index in [1.54, 1.807) is 11.0 Å². The molecule has 21 heavy (non-hydrogen) atoms. The molecule has 1 aromatic carbocycles. The van der Waals surface area contributed by atoms with Crippen LogP contribution in [0, 0.1) is 0 Å². The van der Waals surface area contributed by atoms with E-state index in [-0.39, 0.29) is 11.4 Å². The van der Waals surface area contributed by atoms with E-state index in [1.807, 2.05) is 19.2 Å². The molecule has 1 heterocycles. The van der Waals surface area contributed by atoms with Crippen molar-refractivity contribution in [2.75, 3.05) is 13.6 Å². The molecule has 1 aliphatic rings. The molecular weight excluding hydrogens is 307 g/mol. The van der Waals surface area contributed by atoms with Crippen molar-refractivity contribution in [3.63, 3.8) is 0 Å². The van der Waals surface area contributed by atoms with Crippen LogP contribution < -0.4 is 5.32 Å². The van der Waals surface area contributed by atoms with Gasteiger partial charge >= 0.3 is 0 Å². The van der Waals surface area contributed by atoms with Crippen molar-refractivity contribution >= 4 is 29.1 Å². The summed E-state index contributed by atoms with van der Waals surface area (Å²) in [6.45, 7) is 3.59. The molecule has 0 aromatic heterocycles. The Bertz CT molecular complexity index is 513. The molecule has 1 saturated heterocycles. The van der Waals surface area contributed by atoms with E-state index in [0.29, 0.717) is 16.6 Å². The zero-order valence-corrected chi connectivity index (χ0v) is 14.1. The minimum Gasteiger partial charge on any atom is -0.340 e. The first-order valence-corrected chi connectivity index (χ1v) is 8.18. The predicted octanol–water partition coefficient (Wildman–Crippen LogP) is 3.87. The fourth-order valence-corrected chi connectivity index (χ4v) is 3.41. The summed E-state index contributed by atoms with van der Waals surface area (Å²) < 4.78 is 0. The smallest absolute Gasteiger partial charge is 0.242 e. The Morgan fingerprint density at radius 1 is 1.38 bits per heavy atom. The first kappa shape index (κ1) is 16.6. The number of amides is 1. The van der Waals surface area contributed by atoms with Crippen LogP contribution in [0.5, 0.6) is 0 Å². The average Bonchev–Trinajstić information content (AvgIpc) is 2.92. The van der Waals surface area contributed by atoms with E-state index in [9.17, 15) is 4.79 Å². The summed E-state index contributed by atoms with van der Waals surface area (Å²) in [5.74, 6) is 0.174. The molecule has 0 aliphatic carbocycles. The van der Waals surface area contributed by atoms with Gasteiger partial charge in [0.05, 0.1) is 15.6 Å². The average molecular weight is 329 g/mol. The van der Waals surface area contributed by atoms with Gasteiger partial charge in [0.2, 0.25) is 5.91 Å². The Morgan fingerprint density at radius 2 is 2.14 bits per heavy atom. The quantitative estimate of drug-likeness (QED) is 0.889. The number of hydrogen-bond donors (Lipinski definition) is 1. The first-order chi connectivity index (χ1) is 9.98. The van der Waals surface area contributed by atoms with Gasteiger partial charge in [-0.15, -0.1) is 0 Å². The number of nitrogens with zero attached hydrogens (tertiary/aromatic N) is 1. The van der Waals surface area contributed by atoms with Gasteiger partial charge in [0, 0.05) is 13.6 Å². The highest BCUT2D eigenvalue weighted by Gasteiger charge is 2.41. The molecule has 1 aliphatic heterocycles. The zero-order chi connectivity index (χ0) is 15.5. The van der Waals surface area contributed by atoms with Crippen LogP contribution in [0.2, 0.25) is 10.0 Å².